The maximum absolute atomic E-state index is 12.8. The summed E-state index contributed by atoms with van der Waals surface area (Å²) >= 11 is 0. The van der Waals surface area contributed by atoms with Crippen LogP contribution in [0.2, 0.25) is 0 Å². The summed E-state index contributed by atoms with van der Waals surface area (Å²) in [6, 6.07) is 17.2. The number of pyridine rings is 2. The van der Waals surface area contributed by atoms with Crippen molar-refractivity contribution < 1.29 is 9.21 Å². The second kappa shape index (κ2) is 8.19. The first kappa shape index (κ1) is 18.7. The topological polar surface area (TPSA) is 98.7 Å². The molecule has 0 saturated carbocycles. The van der Waals surface area contributed by atoms with Crippen molar-refractivity contribution in [1.82, 2.24) is 24.5 Å². The molecule has 152 valence electrons. The van der Waals surface area contributed by atoms with Crippen LogP contribution in [-0.4, -0.2) is 30.4 Å². The van der Waals surface area contributed by atoms with E-state index in [-0.39, 0.29) is 5.69 Å². The number of hydrogen-bond donors (Lipinski definition) is 1. The lowest BCUT2D eigenvalue weighted by Crippen LogP contribution is -2.17. The van der Waals surface area contributed by atoms with E-state index < -0.39 is 5.91 Å². The van der Waals surface area contributed by atoms with E-state index in [2.05, 4.69) is 25.3 Å². The number of para-hydroxylation sites is 2. The number of benzene rings is 1. The fourth-order valence-electron chi connectivity index (χ4n) is 3.34. The van der Waals surface area contributed by atoms with Crippen molar-refractivity contribution in [2.75, 3.05) is 5.32 Å². The first-order valence-corrected chi connectivity index (χ1v) is 9.80. The Hall–Kier alpha value is -4.33. The molecule has 0 spiro atoms. The van der Waals surface area contributed by atoms with Gasteiger partial charge in [0.25, 0.3) is 5.91 Å². The maximum Gasteiger partial charge on any atom is 0.279 e. The molecule has 0 saturated heterocycles. The highest BCUT2D eigenvalue weighted by Gasteiger charge is 2.18. The Morgan fingerprint density at radius 1 is 1.00 bits per heavy atom. The van der Waals surface area contributed by atoms with E-state index in [1.54, 1.807) is 24.7 Å². The molecule has 1 N–H and O–H groups in total. The molecule has 0 fully saturated rings. The second-order valence-corrected chi connectivity index (χ2v) is 6.88. The highest BCUT2D eigenvalue weighted by molar-refractivity contribution is 6.02. The molecule has 5 rings (SSSR count). The third-order valence-electron chi connectivity index (χ3n) is 4.84. The summed E-state index contributed by atoms with van der Waals surface area (Å²) in [6.07, 6.45) is 7.10. The van der Waals surface area contributed by atoms with E-state index >= 15 is 0 Å². The van der Waals surface area contributed by atoms with E-state index in [0.29, 0.717) is 30.4 Å². The Balaban J connectivity index is 1.41. The predicted octanol–water partition coefficient (Wildman–Crippen LogP) is 3.98. The quantitative estimate of drug-likeness (QED) is 0.455. The molecule has 8 heteroatoms. The number of hydrogen-bond acceptors (Lipinski definition) is 6. The molecular weight excluding hydrogens is 392 g/mol. The minimum atomic E-state index is -0.395. The van der Waals surface area contributed by atoms with Crippen LogP contribution in [0.15, 0.2) is 83.9 Å². The minimum absolute atomic E-state index is 0.169. The van der Waals surface area contributed by atoms with Gasteiger partial charge in [-0.1, -0.05) is 18.2 Å². The maximum atomic E-state index is 12.8. The van der Waals surface area contributed by atoms with Gasteiger partial charge in [-0.25, -0.2) is 9.97 Å². The molecule has 8 nitrogen and oxygen atoms in total. The molecule has 0 radical (unpaired) electrons. The lowest BCUT2D eigenvalue weighted by molar-refractivity contribution is 0.102. The van der Waals surface area contributed by atoms with E-state index in [1.165, 1.54) is 6.26 Å². The number of fused-ring (bicyclic) bond motifs is 1. The van der Waals surface area contributed by atoms with Gasteiger partial charge in [0, 0.05) is 37.3 Å². The number of carbonyl (C=O) groups is 1. The van der Waals surface area contributed by atoms with Crippen LogP contribution in [0, 0.1) is 0 Å². The van der Waals surface area contributed by atoms with Crippen LogP contribution in [0.4, 0.5) is 5.95 Å². The summed E-state index contributed by atoms with van der Waals surface area (Å²) in [5.41, 5.74) is 3.57. The fourth-order valence-corrected chi connectivity index (χ4v) is 3.34. The van der Waals surface area contributed by atoms with Crippen LogP contribution in [0.5, 0.6) is 0 Å². The molecule has 0 aliphatic heterocycles. The van der Waals surface area contributed by atoms with Gasteiger partial charge in [0.15, 0.2) is 5.69 Å². The van der Waals surface area contributed by atoms with Gasteiger partial charge in [-0.2, -0.15) is 0 Å². The summed E-state index contributed by atoms with van der Waals surface area (Å²) < 4.78 is 7.43. The van der Waals surface area contributed by atoms with Crippen molar-refractivity contribution in [3.8, 4) is 11.5 Å². The summed E-state index contributed by atoms with van der Waals surface area (Å²) in [4.78, 5) is 30.2. The molecule has 4 aromatic heterocycles. The van der Waals surface area contributed by atoms with E-state index in [0.717, 1.165) is 16.7 Å². The number of anilines is 1. The number of nitrogens with one attached hydrogen (secondary N) is 1. The Morgan fingerprint density at radius 3 is 2.74 bits per heavy atom. The van der Waals surface area contributed by atoms with Gasteiger partial charge in [0.1, 0.15) is 6.26 Å². The zero-order chi connectivity index (χ0) is 21.0. The molecule has 1 aromatic carbocycles. The van der Waals surface area contributed by atoms with Crippen molar-refractivity contribution in [2.24, 2.45) is 0 Å². The molecule has 5 aromatic rings. The number of carbonyl (C=O) groups excluding carboxylic acids is 1. The van der Waals surface area contributed by atoms with Gasteiger partial charge in [-0.05, 0) is 36.4 Å². The minimum Gasteiger partial charge on any atom is -0.444 e. The van der Waals surface area contributed by atoms with Crippen molar-refractivity contribution in [1.29, 1.82) is 0 Å². The van der Waals surface area contributed by atoms with Crippen molar-refractivity contribution in [2.45, 2.75) is 13.0 Å². The molecule has 1 amide bonds. The molecule has 0 aliphatic rings. The van der Waals surface area contributed by atoms with Crippen molar-refractivity contribution in [3.63, 3.8) is 0 Å². The van der Waals surface area contributed by atoms with Gasteiger partial charge in [0.05, 0.1) is 16.6 Å². The van der Waals surface area contributed by atoms with Gasteiger partial charge in [-0.3, -0.25) is 20.1 Å². The number of oxazole rings is 1. The molecule has 31 heavy (non-hydrogen) atoms. The summed E-state index contributed by atoms with van der Waals surface area (Å²) in [7, 11) is 0. The number of nitrogens with zero attached hydrogens (tertiary/aromatic N) is 5. The number of imidazole rings is 1. The predicted molar refractivity (Wildman–Crippen MR) is 115 cm³/mol. The fraction of sp³-hybridized carbons (Fsp3) is 0.0870. The van der Waals surface area contributed by atoms with Crippen molar-refractivity contribution >= 4 is 22.9 Å². The largest absolute Gasteiger partial charge is 0.444 e. The van der Waals surface area contributed by atoms with Crippen LogP contribution in [0.25, 0.3) is 22.5 Å². The van der Waals surface area contributed by atoms with Gasteiger partial charge < -0.3 is 8.98 Å². The average Bonchev–Trinajstić information content (AvgIpc) is 3.44. The van der Waals surface area contributed by atoms with Crippen LogP contribution in [0.1, 0.15) is 16.2 Å². The number of aryl methyl sites for hydroxylation is 2. The zero-order valence-corrected chi connectivity index (χ0v) is 16.5. The zero-order valence-electron chi connectivity index (χ0n) is 16.5. The Morgan fingerprint density at radius 2 is 1.90 bits per heavy atom. The summed E-state index contributed by atoms with van der Waals surface area (Å²) in [6.45, 7) is 0.618. The normalized spacial score (nSPS) is 11.0. The lowest BCUT2D eigenvalue weighted by Gasteiger charge is -2.09. The number of rotatable bonds is 6. The smallest absolute Gasteiger partial charge is 0.279 e. The second-order valence-electron chi connectivity index (χ2n) is 6.88. The SMILES string of the molecule is O=C(Nc1nc2ccccc2n1CCc1ccccn1)c1coc(-c2cccnc2)n1. The summed E-state index contributed by atoms with van der Waals surface area (Å²) in [5.74, 6) is 0.392. The van der Waals surface area contributed by atoms with Crippen LogP contribution >= 0.6 is 0 Å². The molecule has 0 unspecified atom stereocenters. The molecule has 0 bridgehead atoms. The first-order valence-electron chi connectivity index (χ1n) is 9.80. The third kappa shape index (κ3) is 3.91. The molecule has 0 atom stereocenters. The average molecular weight is 410 g/mol. The molecule has 4 heterocycles. The summed E-state index contributed by atoms with van der Waals surface area (Å²) in [5, 5.41) is 2.87. The Kier molecular flexibility index (Phi) is 4.94. The van der Waals surface area contributed by atoms with Crippen molar-refractivity contribution in [3.05, 3.63) is 90.8 Å². The lowest BCUT2D eigenvalue weighted by atomic mass is 10.2. The Bertz CT molecular complexity index is 1330. The number of amides is 1. The van der Waals surface area contributed by atoms with E-state index in [1.807, 2.05) is 53.1 Å². The van der Waals surface area contributed by atoms with E-state index in [9.17, 15) is 4.79 Å². The first-order chi connectivity index (χ1) is 15.3. The monoisotopic (exact) mass is 410 g/mol. The van der Waals surface area contributed by atoms with Gasteiger partial charge in [0.2, 0.25) is 11.8 Å². The van der Waals surface area contributed by atoms with E-state index in [4.69, 9.17) is 4.42 Å². The molecule has 0 aliphatic carbocycles. The van der Waals surface area contributed by atoms with Crippen LogP contribution in [-0.2, 0) is 13.0 Å². The third-order valence-corrected chi connectivity index (χ3v) is 4.84. The highest BCUT2D eigenvalue weighted by Crippen LogP contribution is 2.22. The highest BCUT2D eigenvalue weighted by atomic mass is 16.3. The van der Waals surface area contributed by atoms with Crippen LogP contribution < -0.4 is 5.32 Å². The molecular formula is C23H18N6O2. The number of aromatic nitrogens is 5. The van der Waals surface area contributed by atoms with Gasteiger partial charge in [-0.15, -0.1) is 0 Å². The van der Waals surface area contributed by atoms with Gasteiger partial charge >= 0.3 is 0 Å². The Labute approximate surface area is 177 Å². The van der Waals surface area contributed by atoms with Crippen LogP contribution in [0.3, 0.4) is 0 Å². The standard InChI is InChI=1S/C23H18N6O2/c30-21(19-15-31-22(26-19)16-6-5-11-24-14-16)28-23-27-18-8-1-2-9-20(18)29(23)13-10-17-7-3-4-12-25-17/h1-9,11-12,14-15H,10,13H2,(H,27,28,30).